The molecule has 0 atom stereocenters. The molecule has 0 bridgehead atoms. The normalized spacial score (nSPS) is 11.2. The van der Waals surface area contributed by atoms with Crippen LogP contribution >= 0.6 is 0 Å². The Kier molecular flexibility index (Phi) is 4.14. The highest BCUT2D eigenvalue weighted by molar-refractivity contribution is 5.84. The number of methoxy groups -OCH3 is 1. The molecule has 2 heterocycles. The lowest BCUT2D eigenvalue weighted by atomic mass is 10.0. The second-order valence-electron chi connectivity index (χ2n) is 5.67. The van der Waals surface area contributed by atoms with E-state index < -0.39 is 0 Å². The molecule has 3 aromatic rings. The summed E-state index contributed by atoms with van der Waals surface area (Å²) in [4.78, 5) is 8.75. The van der Waals surface area contributed by atoms with Gasteiger partial charge in [0.2, 0.25) is 0 Å². The summed E-state index contributed by atoms with van der Waals surface area (Å²) in [6.07, 6.45) is 3.34. The molecule has 0 fully saturated rings. The highest BCUT2D eigenvalue weighted by Gasteiger charge is 2.13. The summed E-state index contributed by atoms with van der Waals surface area (Å²) < 4.78 is 13.2. The van der Waals surface area contributed by atoms with Crippen molar-refractivity contribution < 1.29 is 9.47 Å². The number of aryl methyl sites for hydroxylation is 1. The van der Waals surface area contributed by atoms with Crippen LogP contribution in [-0.4, -0.2) is 26.9 Å². The first kappa shape index (κ1) is 15.3. The molecule has 0 saturated heterocycles. The number of aromatic nitrogens is 4. The lowest BCUT2D eigenvalue weighted by Gasteiger charge is -2.14. The van der Waals surface area contributed by atoms with Crippen LogP contribution in [0, 0.1) is 0 Å². The van der Waals surface area contributed by atoms with Gasteiger partial charge in [-0.05, 0) is 18.1 Å². The van der Waals surface area contributed by atoms with Crippen LogP contribution in [0.5, 0.6) is 11.5 Å². The fraction of sp³-hybridized carbons (Fsp3) is 0.353. The predicted octanol–water partition coefficient (Wildman–Crippen LogP) is 3.07. The fourth-order valence-corrected chi connectivity index (χ4v) is 2.51. The second-order valence-corrected chi connectivity index (χ2v) is 5.67. The monoisotopic (exact) mass is 312 g/mol. The highest BCUT2D eigenvalue weighted by atomic mass is 16.5. The molecule has 0 aliphatic carbocycles. The van der Waals surface area contributed by atoms with Gasteiger partial charge in [-0.25, -0.2) is 9.97 Å². The van der Waals surface area contributed by atoms with Gasteiger partial charge in [-0.1, -0.05) is 13.8 Å². The number of fused-ring (bicyclic) bond motifs is 1. The van der Waals surface area contributed by atoms with E-state index in [1.807, 2.05) is 25.2 Å². The van der Waals surface area contributed by atoms with Crippen LogP contribution in [0.3, 0.4) is 0 Å². The van der Waals surface area contributed by atoms with Crippen molar-refractivity contribution >= 4 is 10.9 Å². The van der Waals surface area contributed by atoms with Gasteiger partial charge in [0, 0.05) is 24.7 Å². The van der Waals surface area contributed by atoms with Gasteiger partial charge in [0.25, 0.3) is 0 Å². The molecule has 120 valence electrons. The Morgan fingerprint density at radius 1 is 1.17 bits per heavy atom. The summed E-state index contributed by atoms with van der Waals surface area (Å²) >= 11 is 0. The van der Waals surface area contributed by atoms with Crippen molar-refractivity contribution in [3.05, 3.63) is 42.1 Å². The van der Waals surface area contributed by atoms with Gasteiger partial charge in [-0.3, -0.25) is 4.68 Å². The third-order valence-corrected chi connectivity index (χ3v) is 3.80. The van der Waals surface area contributed by atoms with Crippen LogP contribution in [0.4, 0.5) is 0 Å². The molecule has 0 aliphatic heterocycles. The summed E-state index contributed by atoms with van der Waals surface area (Å²) in [7, 11) is 3.52. The molecule has 3 rings (SSSR count). The molecule has 0 N–H and O–H groups in total. The summed E-state index contributed by atoms with van der Waals surface area (Å²) in [6, 6.07) is 5.77. The van der Waals surface area contributed by atoms with Crippen LogP contribution in [0.2, 0.25) is 0 Å². The van der Waals surface area contributed by atoms with Crippen molar-refractivity contribution in [3.8, 4) is 11.5 Å². The van der Waals surface area contributed by atoms with Crippen molar-refractivity contribution in [1.82, 2.24) is 19.7 Å². The Hall–Kier alpha value is -2.63. The molecular weight excluding hydrogens is 292 g/mol. The second kappa shape index (κ2) is 6.24. The SMILES string of the molecule is COc1cc2c(C(C)C)ncnc2cc1OCc1ccnn1C. The minimum Gasteiger partial charge on any atom is -0.493 e. The molecule has 1 aromatic carbocycles. The molecule has 23 heavy (non-hydrogen) atoms. The maximum atomic E-state index is 5.92. The van der Waals surface area contributed by atoms with Gasteiger partial charge in [-0.15, -0.1) is 0 Å². The summed E-state index contributed by atoms with van der Waals surface area (Å²) in [5, 5.41) is 5.13. The summed E-state index contributed by atoms with van der Waals surface area (Å²) in [5.74, 6) is 1.65. The number of rotatable bonds is 5. The fourth-order valence-electron chi connectivity index (χ4n) is 2.51. The van der Waals surface area contributed by atoms with Gasteiger partial charge >= 0.3 is 0 Å². The minimum atomic E-state index is 0.311. The summed E-state index contributed by atoms with van der Waals surface area (Å²) in [5.41, 5.74) is 2.84. The number of benzene rings is 1. The van der Waals surface area contributed by atoms with Crippen LogP contribution < -0.4 is 9.47 Å². The number of ether oxygens (including phenoxy) is 2. The first-order valence-electron chi connectivity index (χ1n) is 7.52. The van der Waals surface area contributed by atoms with E-state index in [4.69, 9.17) is 9.47 Å². The maximum absolute atomic E-state index is 5.92. The molecule has 0 aliphatic rings. The third-order valence-electron chi connectivity index (χ3n) is 3.80. The van der Waals surface area contributed by atoms with Gasteiger partial charge < -0.3 is 9.47 Å². The third kappa shape index (κ3) is 2.97. The molecule has 0 unspecified atom stereocenters. The molecule has 6 heteroatoms. The van der Waals surface area contributed by atoms with Gasteiger partial charge in [0.15, 0.2) is 11.5 Å². The lowest BCUT2D eigenvalue weighted by Crippen LogP contribution is -2.04. The van der Waals surface area contributed by atoms with E-state index in [0.717, 1.165) is 22.3 Å². The van der Waals surface area contributed by atoms with E-state index in [2.05, 4.69) is 28.9 Å². The molecule has 0 spiro atoms. The van der Waals surface area contributed by atoms with Crippen molar-refractivity contribution in [2.45, 2.75) is 26.4 Å². The maximum Gasteiger partial charge on any atom is 0.163 e. The van der Waals surface area contributed by atoms with Crippen LogP contribution in [0.15, 0.2) is 30.7 Å². The van der Waals surface area contributed by atoms with E-state index in [1.165, 1.54) is 0 Å². The summed E-state index contributed by atoms with van der Waals surface area (Å²) in [6.45, 7) is 4.64. The average molecular weight is 312 g/mol. The quantitative estimate of drug-likeness (QED) is 0.724. The topological polar surface area (TPSA) is 62.1 Å². The Balaban J connectivity index is 1.98. The molecule has 0 radical (unpaired) electrons. The highest BCUT2D eigenvalue weighted by Crippen LogP contribution is 2.34. The lowest BCUT2D eigenvalue weighted by molar-refractivity contribution is 0.276. The largest absolute Gasteiger partial charge is 0.493 e. The van der Waals surface area contributed by atoms with Crippen molar-refractivity contribution in [2.75, 3.05) is 7.11 Å². The molecule has 0 saturated carbocycles. The minimum absolute atomic E-state index is 0.311. The molecule has 6 nitrogen and oxygen atoms in total. The Morgan fingerprint density at radius 2 is 2.00 bits per heavy atom. The van der Waals surface area contributed by atoms with Crippen LogP contribution in [-0.2, 0) is 13.7 Å². The van der Waals surface area contributed by atoms with Crippen LogP contribution in [0.1, 0.15) is 31.2 Å². The zero-order chi connectivity index (χ0) is 16.4. The Bertz CT molecular complexity index is 827. The number of nitrogens with zero attached hydrogens (tertiary/aromatic N) is 4. The van der Waals surface area contributed by atoms with Gasteiger partial charge in [-0.2, -0.15) is 5.10 Å². The zero-order valence-electron chi connectivity index (χ0n) is 13.8. The van der Waals surface area contributed by atoms with Crippen LogP contribution in [0.25, 0.3) is 10.9 Å². The van der Waals surface area contributed by atoms with E-state index in [9.17, 15) is 0 Å². The molecule has 2 aromatic heterocycles. The van der Waals surface area contributed by atoms with E-state index in [1.54, 1.807) is 24.3 Å². The average Bonchev–Trinajstić information content (AvgIpc) is 2.96. The van der Waals surface area contributed by atoms with E-state index in [0.29, 0.717) is 24.0 Å². The first-order valence-corrected chi connectivity index (χ1v) is 7.52. The zero-order valence-corrected chi connectivity index (χ0v) is 13.8. The van der Waals surface area contributed by atoms with Gasteiger partial charge in [0.1, 0.15) is 12.9 Å². The smallest absolute Gasteiger partial charge is 0.163 e. The van der Waals surface area contributed by atoms with E-state index >= 15 is 0 Å². The van der Waals surface area contributed by atoms with Gasteiger partial charge in [0.05, 0.1) is 24.0 Å². The first-order chi connectivity index (χ1) is 11.1. The van der Waals surface area contributed by atoms with E-state index in [-0.39, 0.29) is 0 Å². The van der Waals surface area contributed by atoms with Crippen molar-refractivity contribution in [1.29, 1.82) is 0 Å². The standard InChI is InChI=1S/C17H20N4O2/c1-11(2)17-13-7-15(22-4)16(8-14(13)18-10-19-17)23-9-12-5-6-20-21(12)3/h5-8,10-11H,9H2,1-4H3. The number of hydrogen-bond acceptors (Lipinski definition) is 5. The Labute approximate surface area is 135 Å². The predicted molar refractivity (Wildman–Crippen MR) is 87.7 cm³/mol. The molecular formula is C17H20N4O2. The van der Waals surface area contributed by atoms with Crippen molar-refractivity contribution in [2.24, 2.45) is 7.05 Å². The Morgan fingerprint density at radius 3 is 2.65 bits per heavy atom. The number of hydrogen-bond donors (Lipinski definition) is 0. The van der Waals surface area contributed by atoms with Crippen molar-refractivity contribution in [3.63, 3.8) is 0 Å². The molecule has 0 amide bonds.